The van der Waals surface area contributed by atoms with Crippen LogP contribution >= 0.6 is 11.6 Å². The minimum atomic E-state index is -1.28. The molecule has 0 aliphatic carbocycles. The van der Waals surface area contributed by atoms with Gasteiger partial charge in [-0.25, -0.2) is 18.6 Å². The number of ether oxygens (including phenoxy) is 1. The Morgan fingerprint density at radius 3 is 2.74 bits per heavy atom. The molecule has 1 aromatic heterocycles. The first-order chi connectivity index (χ1) is 8.99. The van der Waals surface area contributed by atoms with Gasteiger partial charge in [-0.2, -0.15) is 0 Å². The predicted molar refractivity (Wildman–Crippen MR) is 62.6 cm³/mol. The molecule has 1 aromatic carbocycles. The van der Waals surface area contributed by atoms with Crippen LogP contribution in [0.3, 0.4) is 0 Å². The molecule has 98 valence electrons. The Hall–Kier alpha value is -2.21. The van der Waals surface area contributed by atoms with E-state index in [1.807, 2.05) is 0 Å². The minimum Gasteiger partial charge on any atom is -0.478 e. The van der Waals surface area contributed by atoms with Crippen LogP contribution < -0.4 is 4.74 Å². The second-order valence-electron chi connectivity index (χ2n) is 3.46. The van der Waals surface area contributed by atoms with Crippen molar-refractivity contribution in [2.75, 3.05) is 0 Å². The normalized spacial score (nSPS) is 10.3. The van der Waals surface area contributed by atoms with Gasteiger partial charge in [-0.05, 0) is 18.2 Å². The highest BCUT2D eigenvalue weighted by Crippen LogP contribution is 2.31. The van der Waals surface area contributed by atoms with E-state index in [4.69, 9.17) is 21.4 Å². The van der Waals surface area contributed by atoms with Crippen LogP contribution in [-0.4, -0.2) is 16.1 Å². The lowest BCUT2D eigenvalue weighted by Gasteiger charge is -2.08. The zero-order valence-electron chi connectivity index (χ0n) is 9.23. The average Bonchev–Trinajstić information content (AvgIpc) is 2.36. The van der Waals surface area contributed by atoms with Gasteiger partial charge >= 0.3 is 5.97 Å². The Morgan fingerprint density at radius 1 is 1.32 bits per heavy atom. The molecule has 4 nitrogen and oxygen atoms in total. The number of hydrogen-bond acceptors (Lipinski definition) is 3. The van der Waals surface area contributed by atoms with Crippen LogP contribution in [0.25, 0.3) is 0 Å². The second kappa shape index (κ2) is 5.19. The standard InChI is InChI=1S/C12H6ClF2NO3/c13-10-7(12(17)18)3-4-16-11(10)19-9-5-6(14)1-2-8(9)15/h1-5H,(H,17,18). The number of carboxylic acids is 1. The molecule has 1 heterocycles. The van der Waals surface area contributed by atoms with E-state index in [0.29, 0.717) is 0 Å². The first kappa shape index (κ1) is 13.2. The summed E-state index contributed by atoms with van der Waals surface area (Å²) in [6.45, 7) is 0. The van der Waals surface area contributed by atoms with Crippen molar-refractivity contribution < 1.29 is 23.4 Å². The van der Waals surface area contributed by atoms with E-state index >= 15 is 0 Å². The number of halogens is 3. The molecule has 19 heavy (non-hydrogen) atoms. The minimum absolute atomic E-state index is 0.247. The second-order valence-corrected chi connectivity index (χ2v) is 3.84. The monoisotopic (exact) mass is 285 g/mol. The number of rotatable bonds is 3. The topological polar surface area (TPSA) is 59.4 Å². The highest BCUT2D eigenvalue weighted by Gasteiger charge is 2.16. The molecule has 1 N–H and O–H groups in total. The van der Waals surface area contributed by atoms with Crippen molar-refractivity contribution in [2.45, 2.75) is 0 Å². The lowest BCUT2D eigenvalue weighted by atomic mass is 10.2. The molecule has 0 radical (unpaired) electrons. The Morgan fingerprint density at radius 2 is 2.05 bits per heavy atom. The van der Waals surface area contributed by atoms with E-state index in [0.717, 1.165) is 24.4 Å². The fourth-order valence-electron chi connectivity index (χ4n) is 1.32. The Balaban J connectivity index is 2.41. The average molecular weight is 286 g/mol. The van der Waals surface area contributed by atoms with Crippen LogP contribution in [-0.2, 0) is 0 Å². The van der Waals surface area contributed by atoms with E-state index in [9.17, 15) is 13.6 Å². The highest BCUT2D eigenvalue weighted by molar-refractivity contribution is 6.34. The van der Waals surface area contributed by atoms with Gasteiger partial charge in [-0.3, -0.25) is 0 Å². The first-order valence-corrected chi connectivity index (χ1v) is 5.37. The van der Waals surface area contributed by atoms with Gasteiger partial charge in [0.1, 0.15) is 10.8 Å². The molecule has 7 heteroatoms. The van der Waals surface area contributed by atoms with Crippen LogP contribution in [0.2, 0.25) is 5.02 Å². The fourth-order valence-corrected chi connectivity index (χ4v) is 1.55. The van der Waals surface area contributed by atoms with Crippen molar-refractivity contribution in [2.24, 2.45) is 0 Å². The summed E-state index contributed by atoms with van der Waals surface area (Å²) in [6.07, 6.45) is 1.14. The summed E-state index contributed by atoms with van der Waals surface area (Å²) < 4.78 is 31.3. The molecule has 0 aliphatic heterocycles. The van der Waals surface area contributed by atoms with Crippen LogP contribution in [0.4, 0.5) is 8.78 Å². The fraction of sp³-hybridized carbons (Fsp3) is 0. The van der Waals surface area contributed by atoms with Crippen molar-refractivity contribution in [3.05, 3.63) is 52.7 Å². The molecule has 0 bridgehead atoms. The van der Waals surface area contributed by atoms with Crippen molar-refractivity contribution in [3.8, 4) is 11.6 Å². The van der Waals surface area contributed by atoms with Gasteiger partial charge in [0, 0.05) is 12.3 Å². The van der Waals surface area contributed by atoms with Gasteiger partial charge in [0.15, 0.2) is 11.6 Å². The van der Waals surface area contributed by atoms with Gasteiger partial charge in [0.05, 0.1) is 5.56 Å². The third kappa shape index (κ3) is 2.79. The summed E-state index contributed by atoms with van der Waals surface area (Å²) in [6, 6.07) is 3.77. The van der Waals surface area contributed by atoms with Gasteiger partial charge in [-0.1, -0.05) is 11.6 Å². The number of nitrogens with zero attached hydrogens (tertiary/aromatic N) is 1. The maximum Gasteiger partial charge on any atom is 0.337 e. The van der Waals surface area contributed by atoms with Crippen molar-refractivity contribution in [1.82, 2.24) is 4.98 Å². The third-order valence-electron chi connectivity index (χ3n) is 2.19. The largest absolute Gasteiger partial charge is 0.478 e. The summed E-state index contributed by atoms with van der Waals surface area (Å²) >= 11 is 5.76. The van der Waals surface area contributed by atoms with Crippen molar-refractivity contribution >= 4 is 17.6 Å². The maximum absolute atomic E-state index is 13.4. The Bertz CT molecular complexity index is 649. The van der Waals surface area contributed by atoms with Gasteiger partial charge in [0.25, 0.3) is 0 Å². The molecule has 0 saturated carbocycles. The van der Waals surface area contributed by atoms with E-state index < -0.39 is 23.4 Å². The van der Waals surface area contributed by atoms with Gasteiger partial charge in [-0.15, -0.1) is 0 Å². The molecule has 0 atom stereocenters. The number of pyridine rings is 1. The number of carbonyl (C=O) groups is 1. The molecule has 0 amide bonds. The Labute approximate surface area is 111 Å². The quantitative estimate of drug-likeness (QED) is 0.937. The Kier molecular flexibility index (Phi) is 3.62. The molecule has 0 unspecified atom stereocenters. The van der Waals surface area contributed by atoms with E-state index in [-0.39, 0.29) is 16.5 Å². The van der Waals surface area contributed by atoms with Crippen molar-refractivity contribution in [1.29, 1.82) is 0 Å². The molecular weight excluding hydrogens is 280 g/mol. The third-order valence-corrected chi connectivity index (χ3v) is 2.55. The van der Waals surface area contributed by atoms with E-state index in [1.165, 1.54) is 6.07 Å². The lowest BCUT2D eigenvalue weighted by Crippen LogP contribution is -2.00. The van der Waals surface area contributed by atoms with E-state index in [1.54, 1.807) is 0 Å². The lowest BCUT2D eigenvalue weighted by molar-refractivity contribution is 0.0696. The van der Waals surface area contributed by atoms with Crippen LogP contribution in [0, 0.1) is 11.6 Å². The molecule has 2 aromatic rings. The zero-order chi connectivity index (χ0) is 14.0. The SMILES string of the molecule is O=C(O)c1ccnc(Oc2cc(F)ccc2F)c1Cl. The number of aromatic carboxylic acids is 1. The van der Waals surface area contributed by atoms with Gasteiger partial charge in [0.2, 0.25) is 5.88 Å². The summed E-state index contributed by atoms with van der Waals surface area (Å²) in [4.78, 5) is 14.5. The summed E-state index contributed by atoms with van der Waals surface area (Å²) in [5.74, 6) is -3.55. The van der Waals surface area contributed by atoms with Crippen LogP contribution in [0.1, 0.15) is 10.4 Å². The van der Waals surface area contributed by atoms with Crippen molar-refractivity contribution in [3.63, 3.8) is 0 Å². The molecule has 0 aliphatic rings. The summed E-state index contributed by atoms with van der Waals surface area (Å²) in [7, 11) is 0. The molecule has 0 spiro atoms. The summed E-state index contributed by atoms with van der Waals surface area (Å²) in [5.41, 5.74) is -0.247. The maximum atomic E-state index is 13.4. The number of carboxylic acid groups (broad SMARTS) is 1. The molecule has 2 rings (SSSR count). The molecule has 0 fully saturated rings. The molecular formula is C12H6ClF2NO3. The number of aromatic nitrogens is 1. The zero-order valence-corrected chi connectivity index (χ0v) is 9.99. The van der Waals surface area contributed by atoms with E-state index in [2.05, 4.69) is 4.98 Å². The number of hydrogen-bond donors (Lipinski definition) is 1. The van der Waals surface area contributed by atoms with Crippen LogP contribution in [0.5, 0.6) is 11.6 Å². The van der Waals surface area contributed by atoms with Crippen LogP contribution in [0.15, 0.2) is 30.5 Å². The number of benzene rings is 1. The van der Waals surface area contributed by atoms with Gasteiger partial charge < -0.3 is 9.84 Å². The smallest absolute Gasteiger partial charge is 0.337 e. The summed E-state index contributed by atoms with van der Waals surface area (Å²) in [5, 5.41) is 8.56. The highest BCUT2D eigenvalue weighted by atomic mass is 35.5. The predicted octanol–water partition coefficient (Wildman–Crippen LogP) is 3.50. The first-order valence-electron chi connectivity index (χ1n) is 4.99. The molecule has 0 saturated heterocycles.